The van der Waals surface area contributed by atoms with Crippen molar-refractivity contribution < 1.29 is 32.0 Å². The van der Waals surface area contributed by atoms with E-state index in [0.717, 1.165) is 18.2 Å². The van der Waals surface area contributed by atoms with Crippen molar-refractivity contribution >= 4 is 17.7 Å². The van der Waals surface area contributed by atoms with Crippen molar-refractivity contribution in [2.24, 2.45) is 5.73 Å². The maximum absolute atomic E-state index is 14.0. The second-order valence-electron chi connectivity index (χ2n) is 9.47. The number of carbonyl (C=O) groups excluding carboxylic acids is 1. The number of amides is 1. The third kappa shape index (κ3) is 10.5. The fourth-order valence-electron chi connectivity index (χ4n) is 3.07. The van der Waals surface area contributed by atoms with Crippen LogP contribution in [0.4, 0.5) is 22.4 Å². The largest absolute Gasteiger partial charge is 0.444 e. The molecule has 1 aromatic carbocycles. The summed E-state index contributed by atoms with van der Waals surface area (Å²) in [5, 5.41) is 13.3. The molecule has 1 heterocycles. The Morgan fingerprint density at radius 3 is 2.02 bits per heavy atom. The molecule has 0 aliphatic heterocycles. The molecule has 2 aromatic rings. The zero-order valence-electron chi connectivity index (χ0n) is 23.6. The van der Waals surface area contributed by atoms with Gasteiger partial charge in [0.2, 0.25) is 12.1 Å². The average Bonchev–Trinajstić information content (AvgIpc) is 2.80. The number of alkyl carbamates (subject to hydrolysis) is 1. The summed E-state index contributed by atoms with van der Waals surface area (Å²) in [7, 11) is 0. The van der Waals surface area contributed by atoms with Crippen LogP contribution in [0.1, 0.15) is 81.0 Å². The minimum atomic E-state index is -5.26. The lowest BCUT2D eigenvalue weighted by Gasteiger charge is -2.32. The Balaban J connectivity index is 0. The normalized spacial score (nSPS) is 12.8. The zero-order valence-corrected chi connectivity index (χ0v) is 24.3. The number of ether oxygens (including phenoxy) is 1. The number of hydrogen-bond donors (Lipinski definition) is 2. The number of nitrogens with zero attached hydrogens (tertiary/aromatic N) is 2. The number of hydrogen-bond acceptors (Lipinski definition) is 6. The number of aromatic nitrogens is 1. The van der Waals surface area contributed by atoms with Gasteiger partial charge in [0.1, 0.15) is 11.4 Å². The molecule has 1 amide bonds. The molecule has 1 unspecified atom stereocenters. The molecule has 0 bridgehead atoms. The molecule has 0 radical (unpaired) electrons. The quantitative estimate of drug-likeness (QED) is 0.198. The predicted octanol–water partition coefficient (Wildman–Crippen LogP) is 7.98. The van der Waals surface area contributed by atoms with Crippen LogP contribution in [0.2, 0.25) is 5.02 Å². The second kappa shape index (κ2) is 15.1. The van der Waals surface area contributed by atoms with Crippen LogP contribution >= 0.6 is 11.6 Å². The number of nitrogens with one attached hydrogen (secondary N) is 1. The lowest BCUT2D eigenvalue weighted by Crippen LogP contribution is -2.56. The molecule has 13 heteroatoms. The number of carbonyl (C=O) groups is 1. The highest BCUT2D eigenvalue weighted by Gasteiger charge is 2.58. The molecule has 40 heavy (non-hydrogen) atoms. The van der Waals surface area contributed by atoms with E-state index < -0.39 is 51.9 Å². The summed E-state index contributed by atoms with van der Waals surface area (Å²) in [5.41, 5.74) is -0.891. The van der Waals surface area contributed by atoms with E-state index in [9.17, 15) is 32.5 Å². The number of rotatable bonds is 6. The van der Waals surface area contributed by atoms with Gasteiger partial charge in [-0.15, -0.1) is 0 Å². The SMILES string of the molecule is C.CC.CC.CC(C)(C)OC(=O)NC(C)(C)c1cc(-c2ccc(F)c(Cl)c2)nc(C(N)(C[N+](=O)[O-])C(F)(F)F)c1. The molecule has 1 atom stereocenters. The zero-order chi connectivity index (χ0) is 31.0. The number of halogens is 5. The number of nitro groups is 1. The number of alkyl halides is 3. The van der Waals surface area contributed by atoms with E-state index in [0.29, 0.717) is 0 Å². The van der Waals surface area contributed by atoms with E-state index in [1.165, 1.54) is 26.0 Å². The van der Waals surface area contributed by atoms with Crippen LogP contribution in [0.25, 0.3) is 11.3 Å². The van der Waals surface area contributed by atoms with Gasteiger partial charge in [0.15, 0.2) is 0 Å². The Morgan fingerprint density at radius 2 is 1.60 bits per heavy atom. The standard InChI is InChI=1S/C22H25ClF4N4O4.2C2H6.CH4/c1-19(2,3)35-18(32)30-20(4,5)13-9-16(12-6-7-15(24)14(23)8-12)29-17(10-13)21(28,11-31(33)34)22(25,26)27;2*1-2;/h6-10H,11,28H2,1-5H3,(H,30,32);2*1-2H3;1H4. The molecule has 0 spiro atoms. The Hall–Kier alpha value is -2.99. The molecule has 0 saturated heterocycles. The van der Waals surface area contributed by atoms with Crippen LogP contribution in [-0.2, 0) is 15.8 Å². The molecular weight excluding hydrogens is 556 g/mol. The van der Waals surface area contributed by atoms with Crippen molar-refractivity contribution in [2.75, 3.05) is 6.54 Å². The van der Waals surface area contributed by atoms with Crippen molar-refractivity contribution in [3.63, 3.8) is 0 Å². The number of nitrogens with two attached hydrogens (primary N) is 1. The van der Waals surface area contributed by atoms with E-state index >= 15 is 0 Å². The van der Waals surface area contributed by atoms with Gasteiger partial charge >= 0.3 is 12.3 Å². The highest BCUT2D eigenvalue weighted by atomic mass is 35.5. The molecule has 0 aliphatic carbocycles. The Kier molecular flexibility index (Phi) is 14.8. The van der Waals surface area contributed by atoms with Crippen LogP contribution in [0.15, 0.2) is 30.3 Å². The van der Waals surface area contributed by atoms with Crippen LogP contribution in [0, 0.1) is 15.9 Å². The first-order valence-corrected chi connectivity index (χ1v) is 12.6. The van der Waals surface area contributed by atoms with Crippen molar-refractivity contribution in [2.45, 2.75) is 92.6 Å². The number of benzene rings is 1. The maximum Gasteiger partial charge on any atom is 0.418 e. The highest BCUT2D eigenvalue weighted by molar-refractivity contribution is 6.31. The monoisotopic (exact) mass is 596 g/mol. The summed E-state index contributed by atoms with van der Waals surface area (Å²) in [4.78, 5) is 26.2. The fourth-order valence-corrected chi connectivity index (χ4v) is 3.25. The molecule has 228 valence electrons. The fraction of sp³-hybridized carbons (Fsp3) is 0.556. The first-order valence-electron chi connectivity index (χ1n) is 12.2. The van der Waals surface area contributed by atoms with E-state index in [-0.39, 0.29) is 29.3 Å². The van der Waals surface area contributed by atoms with E-state index in [1.807, 2.05) is 27.7 Å². The average molecular weight is 597 g/mol. The highest BCUT2D eigenvalue weighted by Crippen LogP contribution is 2.39. The molecule has 0 saturated carbocycles. The van der Waals surface area contributed by atoms with Crippen LogP contribution < -0.4 is 11.1 Å². The van der Waals surface area contributed by atoms with Crippen molar-refractivity contribution in [1.29, 1.82) is 0 Å². The van der Waals surface area contributed by atoms with Crippen LogP contribution in [-0.4, -0.2) is 34.3 Å². The van der Waals surface area contributed by atoms with Gasteiger partial charge in [0.25, 0.3) is 0 Å². The third-order valence-electron chi connectivity index (χ3n) is 4.92. The van der Waals surface area contributed by atoms with E-state index in [1.54, 1.807) is 20.8 Å². The van der Waals surface area contributed by atoms with Crippen molar-refractivity contribution in [3.8, 4) is 11.3 Å². The summed E-state index contributed by atoms with van der Waals surface area (Å²) in [6, 6.07) is 5.63. The molecular formula is C27H41ClF4N4O4. The summed E-state index contributed by atoms with van der Waals surface area (Å²) in [5.74, 6) is -0.768. The lowest BCUT2D eigenvalue weighted by molar-refractivity contribution is -0.501. The molecule has 0 aliphatic rings. The van der Waals surface area contributed by atoms with Crippen molar-refractivity contribution in [3.05, 3.63) is 62.5 Å². The molecule has 1 aromatic heterocycles. The summed E-state index contributed by atoms with van der Waals surface area (Å²) >= 11 is 5.82. The van der Waals surface area contributed by atoms with Gasteiger partial charge in [-0.3, -0.25) is 15.1 Å². The lowest BCUT2D eigenvalue weighted by atomic mass is 9.87. The minimum Gasteiger partial charge on any atom is -0.444 e. The van der Waals surface area contributed by atoms with Gasteiger partial charge in [0, 0.05) is 10.5 Å². The van der Waals surface area contributed by atoms with Crippen LogP contribution in [0.3, 0.4) is 0 Å². The minimum absolute atomic E-state index is 0. The van der Waals surface area contributed by atoms with Gasteiger partial charge in [-0.1, -0.05) is 46.7 Å². The van der Waals surface area contributed by atoms with Crippen LogP contribution in [0.5, 0.6) is 0 Å². The Morgan fingerprint density at radius 1 is 1.07 bits per heavy atom. The van der Waals surface area contributed by atoms with Gasteiger partial charge in [-0.25, -0.2) is 9.18 Å². The van der Waals surface area contributed by atoms with Crippen molar-refractivity contribution in [1.82, 2.24) is 10.3 Å². The summed E-state index contributed by atoms with van der Waals surface area (Å²) < 4.78 is 60.9. The smallest absolute Gasteiger partial charge is 0.418 e. The van der Waals surface area contributed by atoms with Gasteiger partial charge in [-0.05, 0) is 70.5 Å². The first-order chi connectivity index (χ1) is 17.7. The predicted molar refractivity (Wildman–Crippen MR) is 150 cm³/mol. The van der Waals surface area contributed by atoms with E-state index in [2.05, 4.69) is 10.3 Å². The van der Waals surface area contributed by atoms with Gasteiger partial charge in [-0.2, -0.15) is 13.2 Å². The molecule has 3 N–H and O–H groups in total. The molecule has 8 nitrogen and oxygen atoms in total. The van der Waals surface area contributed by atoms with E-state index in [4.69, 9.17) is 22.1 Å². The Bertz CT molecular complexity index is 1140. The topological polar surface area (TPSA) is 120 Å². The number of pyridine rings is 1. The van der Waals surface area contributed by atoms with Gasteiger partial charge < -0.3 is 15.8 Å². The second-order valence-corrected chi connectivity index (χ2v) is 9.87. The third-order valence-corrected chi connectivity index (χ3v) is 5.21. The molecule has 0 fully saturated rings. The maximum atomic E-state index is 14.0. The van der Waals surface area contributed by atoms with Gasteiger partial charge in [0.05, 0.1) is 21.9 Å². The summed E-state index contributed by atoms with van der Waals surface area (Å²) in [6.07, 6.45) is -6.11. The first kappa shape index (κ1) is 39.2. The Labute approximate surface area is 238 Å². The molecule has 2 rings (SSSR count). The summed E-state index contributed by atoms with van der Waals surface area (Å²) in [6.45, 7) is 14.2.